The van der Waals surface area contributed by atoms with Crippen LogP contribution in [0.3, 0.4) is 0 Å². The fraction of sp³-hybridized carbons (Fsp3) is 0.353. The second-order valence-corrected chi connectivity index (χ2v) is 6.19. The highest BCUT2D eigenvalue weighted by Gasteiger charge is 2.53. The topological polar surface area (TPSA) is 40.9 Å². The van der Waals surface area contributed by atoms with E-state index in [4.69, 9.17) is 4.99 Å². The first kappa shape index (κ1) is 11.4. The van der Waals surface area contributed by atoms with E-state index in [-0.39, 0.29) is 6.04 Å². The van der Waals surface area contributed by atoms with Crippen LogP contribution >= 0.6 is 0 Å². The number of amidine groups is 1. The summed E-state index contributed by atoms with van der Waals surface area (Å²) < 4.78 is 0. The minimum absolute atomic E-state index is 0.153. The number of pyridine rings is 1. The Morgan fingerprint density at radius 3 is 3.00 bits per heavy atom. The van der Waals surface area contributed by atoms with E-state index < -0.39 is 0 Å². The molecule has 1 saturated carbocycles. The molecule has 0 saturated heterocycles. The Hall–Kier alpha value is -2.23. The molecule has 0 amide bonds. The Bertz CT molecular complexity index is 688. The summed E-state index contributed by atoms with van der Waals surface area (Å²) in [7, 11) is 0. The van der Waals surface area contributed by atoms with Gasteiger partial charge < -0.3 is 4.90 Å². The van der Waals surface area contributed by atoms with E-state index in [0.717, 1.165) is 11.5 Å². The summed E-state index contributed by atoms with van der Waals surface area (Å²) in [6.07, 6.45) is 13.7. The number of aromatic nitrogens is 1. The molecule has 0 N–H and O–H groups in total. The van der Waals surface area contributed by atoms with Crippen LogP contribution in [0, 0.1) is 17.8 Å². The Kier molecular flexibility index (Phi) is 2.25. The maximum atomic E-state index is 4.98. The van der Waals surface area contributed by atoms with Gasteiger partial charge in [0.15, 0.2) is 0 Å². The molecular weight excluding hydrogens is 260 g/mol. The standard InChI is InChI=1S/C17H16N4/c1-2-6-19-13(3-1)16-15-11-4-5-12(9-11)17(15)21-8-7-18-10-14(21)20-16/h1-8,10-12,15-17H,9H2. The number of aliphatic imine (C=N–C) groups is 2. The predicted octanol–water partition coefficient (Wildman–Crippen LogP) is 2.58. The third kappa shape index (κ3) is 1.53. The van der Waals surface area contributed by atoms with Gasteiger partial charge in [0, 0.05) is 30.6 Å². The van der Waals surface area contributed by atoms with Crippen molar-refractivity contribution in [2.45, 2.75) is 18.5 Å². The smallest absolute Gasteiger partial charge is 0.147 e. The molecule has 0 aromatic carbocycles. The third-order valence-electron chi connectivity index (χ3n) is 5.19. The minimum atomic E-state index is 0.153. The van der Waals surface area contributed by atoms with Gasteiger partial charge in [-0.05, 0) is 30.4 Å². The average Bonchev–Trinajstić information content (AvgIpc) is 3.17. The van der Waals surface area contributed by atoms with Gasteiger partial charge in [0.05, 0.1) is 18.0 Å². The van der Waals surface area contributed by atoms with Crippen molar-refractivity contribution in [1.82, 2.24) is 9.88 Å². The van der Waals surface area contributed by atoms with Crippen LogP contribution in [0.15, 0.2) is 58.9 Å². The molecule has 1 aromatic heterocycles. The van der Waals surface area contributed by atoms with Gasteiger partial charge in [-0.15, -0.1) is 0 Å². The number of hydrogen-bond donors (Lipinski definition) is 0. The van der Waals surface area contributed by atoms with Crippen LogP contribution in [-0.4, -0.2) is 28.0 Å². The average molecular weight is 276 g/mol. The van der Waals surface area contributed by atoms with Gasteiger partial charge in [-0.2, -0.15) is 0 Å². The lowest BCUT2D eigenvalue weighted by Crippen LogP contribution is -2.50. The molecule has 1 aromatic rings. The summed E-state index contributed by atoms with van der Waals surface area (Å²) in [5, 5.41) is 0. The van der Waals surface area contributed by atoms with Crippen molar-refractivity contribution in [3.8, 4) is 0 Å². The van der Waals surface area contributed by atoms with Gasteiger partial charge in [-0.3, -0.25) is 15.0 Å². The van der Waals surface area contributed by atoms with Crippen LogP contribution in [0.4, 0.5) is 0 Å². The molecule has 4 nitrogen and oxygen atoms in total. The number of rotatable bonds is 1. The van der Waals surface area contributed by atoms with E-state index in [1.54, 1.807) is 0 Å². The molecule has 21 heavy (non-hydrogen) atoms. The molecule has 4 heteroatoms. The summed E-state index contributed by atoms with van der Waals surface area (Å²) in [6.45, 7) is 0. The Morgan fingerprint density at radius 1 is 1.14 bits per heavy atom. The zero-order valence-corrected chi connectivity index (χ0v) is 11.6. The molecular formula is C17H16N4. The molecule has 4 aliphatic rings. The van der Waals surface area contributed by atoms with Gasteiger partial charge in [-0.1, -0.05) is 18.2 Å². The van der Waals surface area contributed by atoms with Gasteiger partial charge >= 0.3 is 0 Å². The zero-order valence-electron chi connectivity index (χ0n) is 11.6. The van der Waals surface area contributed by atoms with Crippen LogP contribution in [0.1, 0.15) is 18.2 Å². The molecule has 5 atom stereocenters. The van der Waals surface area contributed by atoms with Crippen molar-refractivity contribution in [2.24, 2.45) is 27.7 Å². The van der Waals surface area contributed by atoms with E-state index >= 15 is 0 Å². The largest absolute Gasteiger partial charge is 0.326 e. The van der Waals surface area contributed by atoms with E-state index in [2.05, 4.69) is 45.4 Å². The van der Waals surface area contributed by atoms with Gasteiger partial charge in [0.2, 0.25) is 0 Å². The third-order valence-corrected chi connectivity index (χ3v) is 5.19. The molecule has 3 heterocycles. The Balaban J connectivity index is 1.66. The summed E-state index contributed by atoms with van der Waals surface area (Å²) >= 11 is 0. The highest BCUT2D eigenvalue weighted by Crippen LogP contribution is 2.53. The lowest BCUT2D eigenvalue weighted by molar-refractivity contribution is 0.206. The van der Waals surface area contributed by atoms with Crippen molar-refractivity contribution >= 4 is 12.1 Å². The molecule has 104 valence electrons. The predicted molar refractivity (Wildman–Crippen MR) is 81.9 cm³/mol. The lowest BCUT2D eigenvalue weighted by Gasteiger charge is -2.44. The van der Waals surface area contributed by atoms with E-state index in [1.165, 1.54) is 6.42 Å². The normalized spacial score (nSPS) is 38.4. The quantitative estimate of drug-likeness (QED) is 0.740. The fourth-order valence-corrected chi connectivity index (χ4v) is 4.40. The monoisotopic (exact) mass is 276 g/mol. The molecule has 2 aliphatic heterocycles. The second-order valence-electron chi connectivity index (χ2n) is 6.19. The maximum Gasteiger partial charge on any atom is 0.147 e. The molecule has 2 aliphatic carbocycles. The van der Waals surface area contributed by atoms with Crippen molar-refractivity contribution < 1.29 is 0 Å². The van der Waals surface area contributed by atoms with Crippen molar-refractivity contribution in [3.05, 3.63) is 54.6 Å². The van der Waals surface area contributed by atoms with Gasteiger partial charge in [0.1, 0.15) is 5.84 Å². The fourth-order valence-electron chi connectivity index (χ4n) is 4.40. The minimum Gasteiger partial charge on any atom is -0.326 e. The van der Waals surface area contributed by atoms with Crippen LogP contribution in [0.5, 0.6) is 0 Å². The van der Waals surface area contributed by atoms with E-state index in [1.807, 2.05) is 24.7 Å². The summed E-state index contributed by atoms with van der Waals surface area (Å²) in [5.74, 6) is 2.77. The number of allylic oxidation sites excluding steroid dienone is 1. The SMILES string of the molecule is C1=CN2C(=NC(c3ccccn3)C3C4C=CC(C4)C32)C=N1. The molecule has 1 fully saturated rings. The number of nitrogens with zero attached hydrogens (tertiary/aromatic N) is 4. The Morgan fingerprint density at radius 2 is 2.10 bits per heavy atom. The highest BCUT2D eigenvalue weighted by molar-refractivity contribution is 6.30. The van der Waals surface area contributed by atoms with Crippen molar-refractivity contribution in [2.75, 3.05) is 0 Å². The highest BCUT2D eigenvalue weighted by atomic mass is 15.3. The Labute approximate surface area is 123 Å². The van der Waals surface area contributed by atoms with Crippen LogP contribution < -0.4 is 0 Å². The van der Waals surface area contributed by atoms with Gasteiger partial charge in [-0.25, -0.2) is 0 Å². The van der Waals surface area contributed by atoms with Crippen molar-refractivity contribution in [3.63, 3.8) is 0 Å². The summed E-state index contributed by atoms with van der Waals surface area (Å²) in [6, 6.07) is 6.78. The molecule has 0 radical (unpaired) electrons. The zero-order chi connectivity index (χ0) is 13.8. The molecule has 5 unspecified atom stereocenters. The molecule has 5 rings (SSSR count). The maximum absolute atomic E-state index is 4.98. The summed E-state index contributed by atoms with van der Waals surface area (Å²) in [5.41, 5.74) is 1.09. The lowest BCUT2D eigenvalue weighted by atomic mass is 9.79. The van der Waals surface area contributed by atoms with Gasteiger partial charge in [0.25, 0.3) is 0 Å². The summed E-state index contributed by atoms with van der Waals surface area (Å²) in [4.78, 5) is 16.1. The molecule has 2 bridgehead atoms. The second kappa shape index (κ2) is 4.13. The first-order valence-electron chi connectivity index (χ1n) is 7.57. The van der Waals surface area contributed by atoms with Crippen molar-refractivity contribution in [1.29, 1.82) is 0 Å². The van der Waals surface area contributed by atoms with Crippen LogP contribution in [0.25, 0.3) is 0 Å². The molecule has 0 spiro atoms. The van der Waals surface area contributed by atoms with E-state index in [0.29, 0.717) is 23.8 Å². The first-order chi connectivity index (χ1) is 10.4. The number of hydrogen-bond acceptors (Lipinski definition) is 4. The number of fused-ring (bicyclic) bond motifs is 7. The van der Waals surface area contributed by atoms with Crippen LogP contribution in [0.2, 0.25) is 0 Å². The van der Waals surface area contributed by atoms with E-state index in [9.17, 15) is 0 Å². The first-order valence-corrected chi connectivity index (χ1v) is 7.57. The van der Waals surface area contributed by atoms with Crippen LogP contribution in [-0.2, 0) is 0 Å².